The van der Waals surface area contributed by atoms with E-state index >= 15 is 0 Å². The maximum absolute atomic E-state index is 11.8. The first-order valence-corrected chi connectivity index (χ1v) is 7.88. The topological polar surface area (TPSA) is 71.0 Å². The zero-order chi connectivity index (χ0) is 14.7. The minimum atomic E-state index is 0.0519. The summed E-state index contributed by atoms with van der Waals surface area (Å²) >= 11 is 1.50. The van der Waals surface area contributed by atoms with Crippen molar-refractivity contribution in [3.05, 3.63) is 29.5 Å². The van der Waals surface area contributed by atoms with Crippen molar-refractivity contribution >= 4 is 28.3 Å². The Balaban J connectivity index is 1.82. The van der Waals surface area contributed by atoms with Gasteiger partial charge in [-0.3, -0.25) is 4.79 Å². The van der Waals surface area contributed by atoms with Gasteiger partial charge in [-0.2, -0.15) is 0 Å². The van der Waals surface area contributed by atoms with Gasteiger partial charge in [0, 0.05) is 31.2 Å². The van der Waals surface area contributed by atoms with Crippen LogP contribution >= 0.6 is 11.3 Å². The smallest absolute Gasteiger partial charge is 0.229 e. The molecule has 3 heterocycles. The van der Waals surface area contributed by atoms with Gasteiger partial charge in [0.25, 0.3) is 0 Å². The van der Waals surface area contributed by atoms with E-state index in [2.05, 4.69) is 20.3 Å². The second kappa shape index (κ2) is 6.17. The maximum atomic E-state index is 11.8. The summed E-state index contributed by atoms with van der Waals surface area (Å²) in [4.78, 5) is 26.6. The fourth-order valence-corrected chi connectivity index (χ4v) is 3.14. The van der Waals surface area contributed by atoms with Crippen molar-refractivity contribution in [2.45, 2.75) is 32.2 Å². The third-order valence-electron chi connectivity index (χ3n) is 3.58. The highest BCUT2D eigenvalue weighted by molar-refractivity contribution is 7.13. The van der Waals surface area contributed by atoms with E-state index < -0.39 is 0 Å². The molecule has 21 heavy (non-hydrogen) atoms. The third kappa shape index (κ3) is 3.18. The molecule has 7 heteroatoms. The first kappa shape index (κ1) is 13.9. The number of hydrogen-bond donors (Lipinski definition) is 1. The van der Waals surface area contributed by atoms with Crippen LogP contribution in [0, 0.1) is 0 Å². The number of rotatable bonds is 3. The molecule has 1 amide bonds. The standard InChI is InChI=1S/C14H17N5OS/c1-10(20)19-8-3-2-4-12(19)11-5-6-15-13(17-11)18-14-16-7-9-21-14/h5-7,9,12H,2-4,8H2,1H3,(H,15,16,17,18)/t12-/m1/s1. The number of amides is 1. The Hall–Kier alpha value is -2.02. The fourth-order valence-electron chi connectivity index (χ4n) is 2.62. The van der Waals surface area contributed by atoms with Crippen LogP contribution in [0.2, 0.25) is 0 Å². The molecule has 0 aromatic carbocycles. The quantitative estimate of drug-likeness (QED) is 0.944. The molecule has 0 saturated carbocycles. The maximum Gasteiger partial charge on any atom is 0.229 e. The van der Waals surface area contributed by atoms with Crippen LogP contribution in [0.4, 0.5) is 11.1 Å². The molecule has 0 spiro atoms. The lowest BCUT2D eigenvalue weighted by Crippen LogP contribution is -2.37. The van der Waals surface area contributed by atoms with Crippen LogP contribution in [0.25, 0.3) is 0 Å². The van der Waals surface area contributed by atoms with Gasteiger partial charge in [-0.1, -0.05) is 0 Å². The van der Waals surface area contributed by atoms with E-state index in [1.54, 1.807) is 19.3 Å². The average molecular weight is 303 g/mol. The van der Waals surface area contributed by atoms with Crippen molar-refractivity contribution in [2.75, 3.05) is 11.9 Å². The first-order valence-electron chi connectivity index (χ1n) is 7.01. The third-order valence-corrected chi connectivity index (χ3v) is 4.27. The lowest BCUT2D eigenvalue weighted by atomic mass is 9.99. The predicted molar refractivity (Wildman–Crippen MR) is 81.4 cm³/mol. The number of thiazole rings is 1. The Kier molecular flexibility index (Phi) is 4.10. The number of nitrogens with one attached hydrogen (secondary N) is 1. The van der Waals surface area contributed by atoms with E-state index in [0.717, 1.165) is 36.6 Å². The summed E-state index contributed by atoms with van der Waals surface area (Å²) in [6, 6.07) is 1.94. The van der Waals surface area contributed by atoms with E-state index in [9.17, 15) is 4.79 Å². The van der Waals surface area contributed by atoms with Crippen LogP contribution in [0.15, 0.2) is 23.8 Å². The molecular weight excluding hydrogens is 286 g/mol. The molecule has 2 aromatic heterocycles. The van der Waals surface area contributed by atoms with Crippen LogP contribution < -0.4 is 5.32 Å². The van der Waals surface area contributed by atoms with Gasteiger partial charge in [0.15, 0.2) is 5.13 Å². The minimum Gasteiger partial charge on any atom is -0.334 e. The van der Waals surface area contributed by atoms with E-state index in [1.807, 2.05) is 16.3 Å². The molecular formula is C14H17N5OS. The Morgan fingerprint density at radius 3 is 3.05 bits per heavy atom. The highest BCUT2D eigenvalue weighted by Gasteiger charge is 2.27. The second-order valence-corrected chi connectivity index (χ2v) is 5.89. The SMILES string of the molecule is CC(=O)N1CCCC[C@@H]1c1ccnc(Nc2nccs2)n1. The summed E-state index contributed by atoms with van der Waals surface area (Å²) in [5.41, 5.74) is 0.888. The molecule has 6 nitrogen and oxygen atoms in total. The zero-order valence-corrected chi connectivity index (χ0v) is 12.6. The van der Waals surface area contributed by atoms with E-state index in [-0.39, 0.29) is 11.9 Å². The first-order chi connectivity index (χ1) is 10.2. The number of hydrogen-bond acceptors (Lipinski definition) is 6. The molecule has 110 valence electrons. The highest BCUT2D eigenvalue weighted by atomic mass is 32.1. The monoisotopic (exact) mass is 303 g/mol. The summed E-state index contributed by atoms with van der Waals surface area (Å²) in [5.74, 6) is 0.629. The number of aromatic nitrogens is 3. The normalized spacial score (nSPS) is 18.5. The van der Waals surface area contributed by atoms with Crippen molar-refractivity contribution in [2.24, 2.45) is 0 Å². The molecule has 1 N–H and O–H groups in total. The van der Waals surface area contributed by atoms with Gasteiger partial charge in [-0.25, -0.2) is 15.0 Å². The predicted octanol–water partition coefficient (Wildman–Crippen LogP) is 2.75. The van der Waals surface area contributed by atoms with E-state index in [4.69, 9.17) is 0 Å². The van der Waals surface area contributed by atoms with Crippen molar-refractivity contribution in [3.8, 4) is 0 Å². The van der Waals surface area contributed by atoms with Crippen LogP contribution in [0.3, 0.4) is 0 Å². The number of carbonyl (C=O) groups is 1. The minimum absolute atomic E-state index is 0.0519. The van der Waals surface area contributed by atoms with Crippen molar-refractivity contribution in [1.82, 2.24) is 19.9 Å². The van der Waals surface area contributed by atoms with Gasteiger partial charge >= 0.3 is 0 Å². The van der Waals surface area contributed by atoms with Crippen LogP contribution in [-0.4, -0.2) is 32.3 Å². The molecule has 0 aliphatic carbocycles. The summed E-state index contributed by atoms with van der Waals surface area (Å²) in [7, 11) is 0. The van der Waals surface area contributed by atoms with Gasteiger partial charge in [0.05, 0.1) is 11.7 Å². The number of nitrogens with zero attached hydrogens (tertiary/aromatic N) is 4. The van der Waals surface area contributed by atoms with Crippen LogP contribution in [0.5, 0.6) is 0 Å². The molecule has 0 bridgehead atoms. The van der Waals surface area contributed by atoms with E-state index in [1.165, 1.54) is 11.3 Å². The molecule has 1 atom stereocenters. The van der Waals surface area contributed by atoms with Gasteiger partial charge in [-0.15, -0.1) is 11.3 Å². The molecule has 3 rings (SSSR count). The van der Waals surface area contributed by atoms with Gasteiger partial charge in [-0.05, 0) is 25.3 Å². The Labute approximate surface area is 127 Å². The summed E-state index contributed by atoms with van der Waals surface area (Å²) < 4.78 is 0. The largest absolute Gasteiger partial charge is 0.334 e. The van der Waals surface area contributed by atoms with Crippen molar-refractivity contribution in [1.29, 1.82) is 0 Å². The fraction of sp³-hybridized carbons (Fsp3) is 0.429. The lowest BCUT2D eigenvalue weighted by molar-refractivity contribution is -0.132. The molecule has 2 aromatic rings. The van der Waals surface area contributed by atoms with Crippen LogP contribution in [0.1, 0.15) is 37.9 Å². The number of piperidine rings is 1. The molecule has 1 aliphatic heterocycles. The van der Waals surface area contributed by atoms with Crippen molar-refractivity contribution < 1.29 is 4.79 Å². The average Bonchev–Trinajstić information content (AvgIpc) is 3.00. The van der Waals surface area contributed by atoms with Crippen LogP contribution in [-0.2, 0) is 4.79 Å². The molecule has 1 aliphatic rings. The number of likely N-dealkylation sites (tertiary alicyclic amines) is 1. The summed E-state index contributed by atoms with van der Waals surface area (Å²) in [5, 5.41) is 5.75. The molecule has 1 fully saturated rings. The number of anilines is 2. The summed E-state index contributed by atoms with van der Waals surface area (Å²) in [6.07, 6.45) is 6.59. The summed E-state index contributed by atoms with van der Waals surface area (Å²) in [6.45, 7) is 2.42. The zero-order valence-electron chi connectivity index (χ0n) is 11.8. The Bertz CT molecular complexity index is 616. The molecule has 0 radical (unpaired) electrons. The highest BCUT2D eigenvalue weighted by Crippen LogP contribution is 2.30. The Morgan fingerprint density at radius 2 is 2.29 bits per heavy atom. The van der Waals surface area contributed by atoms with E-state index in [0.29, 0.717) is 5.95 Å². The van der Waals surface area contributed by atoms with Gasteiger partial charge < -0.3 is 10.2 Å². The Morgan fingerprint density at radius 1 is 1.38 bits per heavy atom. The lowest BCUT2D eigenvalue weighted by Gasteiger charge is -2.34. The molecule has 0 unspecified atom stereocenters. The van der Waals surface area contributed by atoms with Gasteiger partial charge in [0.1, 0.15) is 0 Å². The number of carbonyl (C=O) groups excluding carboxylic acids is 1. The van der Waals surface area contributed by atoms with Crippen molar-refractivity contribution in [3.63, 3.8) is 0 Å². The molecule has 1 saturated heterocycles. The second-order valence-electron chi connectivity index (χ2n) is 4.99. The van der Waals surface area contributed by atoms with Gasteiger partial charge in [0.2, 0.25) is 11.9 Å².